The average Bonchev–Trinajstić information content (AvgIpc) is 1.53. The van der Waals surface area contributed by atoms with Gasteiger partial charge in [-0.15, -0.1) is 0 Å². The summed E-state index contributed by atoms with van der Waals surface area (Å²) in [5.74, 6) is 0. The second kappa shape index (κ2) is 27.5. The Labute approximate surface area is 520 Å². The number of rotatable bonds is 9. The van der Waals surface area contributed by atoms with Crippen LogP contribution in [0.5, 0.6) is 0 Å². The number of para-hydroxylation sites is 3. The van der Waals surface area contributed by atoms with Crippen LogP contribution < -0.4 is 9.80 Å². The van der Waals surface area contributed by atoms with Gasteiger partial charge in [0.1, 0.15) is 11.2 Å². The van der Waals surface area contributed by atoms with Gasteiger partial charge in [0.05, 0.1) is 5.41 Å². The minimum absolute atomic E-state index is 0.413. The maximum absolute atomic E-state index is 6.32. The maximum Gasteiger partial charge on any atom is 0.137 e. The highest BCUT2D eigenvalue weighted by molar-refractivity contribution is 6.06. The molecule has 430 valence electrons. The zero-order chi connectivity index (χ0) is 60.8. The number of hydrogen-bond donors (Lipinski definition) is 0. The van der Waals surface area contributed by atoms with Gasteiger partial charge in [0.15, 0.2) is 0 Å². The summed E-state index contributed by atoms with van der Waals surface area (Å²) in [5.41, 5.74) is 24.6. The molecule has 2 aliphatic rings. The monoisotopic (exact) mass is 1140 g/mol. The molecule has 0 aliphatic heterocycles. The number of benzene rings is 12. The molecular formula is C85H74N2O. The van der Waals surface area contributed by atoms with Gasteiger partial charge in [-0.2, -0.15) is 0 Å². The van der Waals surface area contributed by atoms with Crippen molar-refractivity contribution in [3.8, 4) is 44.5 Å². The van der Waals surface area contributed by atoms with Crippen molar-refractivity contribution in [2.24, 2.45) is 0 Å². The Bertz CT molecular complexity index is 4430. The molecule has 0 radical (unpaired) electrons. The third kappa shape index (κ3) is 11.7. The summed E-state index contributed by atoms with van der Waals surface area (Å²) >= 11 is 0. The molecule has 0 atom stereocenters. The number of anilines is 6. The van der Waals surface area contributed by atoms with E-state index in [9.17, 15) is 0 Å². The molecule has 0 amide bonds. The zero-order valence-corrected chi connectivity index (χ0v) is 51.2. The molecule has 1 heterocycles. The lowest BCUT2D eigenvalue weighted by Gasteiger charge is -2.32. The highest BCUT2D eigenvalue weighted by Gasteiger charge is 2.51. The maximum atomic E-state index is 6.32. The quantitative estimate of drug-likeness (QED) is 0.106. The number of hydrogen-bond acceptors (Lipinski definition) is 3. The third-order valence-corrected chi connectivity index (χ3v) is 16.3. The Morgan fingerprint density at radius 1 is 0.318 bits per heavy atom. The van der Waals surface area contributed by atoms with Gasteiger partial charge >= 0.3 is 0 Å². The van der Waals surface area contributed by atoms with Gasteiger partial charge in [-0.1, -0.05) is 269 Å². The summed E-state index contributed by atoms with van der Waals surface area (Å²) in [4.78, 5) is 4.69. The van der Waals surface area contributed by atoms with Crippen LogP contribution >= 0.6 is 0 Å². The molecule has 13 aromatic rings. The fourth-order valence-corrected chi connectivity index (χ4v) is 12.2. The average molecular weight is 1140 g/mol. The fourth-order valence-electron chi connectivity index (χ4n) is 12.2. The number of furan rings is 1. The summed E-state index contributed by atoms with van der Waals surface area (Å²) in [6, 6.07) is 107. The third-order valence-electron chi connectivity index (χ3n) is 16.3. The first kappa shape index (κ1) is 59.0. The highest BCUT2D eigenvalue weighted by atomic mass is 16.3. The Morgan fingerprint density at radius 2 is 0.682 bits per heavy atom. The van der Waals surface area contributed by atoms with Gasteiger partial charge in [0.2, 0.25) is 0 Å². The van der Waals surface area contributed by atoms with Crippen LogP contribution in [-0.2, 0) is 5.41 Å². The Balaban J connectivity index is 0.000000282. The van der Waals surface area contributed by atoms with E-state index in [1.54, 1.807) is 6.08 Å². The Morgan fingerprint density at radius 3 is 1.15 bits per heavy atom. The molecular weight excluding hydrogens is 1060 g/mol. The van der Waals surface area contributed by atoms with E-state index < -0.39 is 5.41 Å². The minimum Gasteiger partial charge on any atom is -0.456 e. The molecule has 0 fully saturated rings. The van der Waals surface area contributed by atoms with Crippen LogP contribution in [0.2, 0.25) is 0 Å². The topological polar surface area (TPSA) is 19.6 Å². The molecule has 0 saturated heterocycles. The van der Waals surface area contributed by atoms with Crippen LogP contribution in [0.25, 0.3) is 66.4 Å². The molecule has 88 heavy (non-hydrogen) atoms. The predicted molar refractivity (Wildman–Crippen MR) is 378 cm³/mol. The van der Waals surface area contributed by atoms with Crippen LogP contribution in [0.4, 0.5) is 34.1 Å². The molecule has 0 bridgehead atoms. The molecule has 3 nitrogen and oxygen atoms in total. The highest BCUT2D eigenvalue weighted by Crippen LogP contribution is 2.63. The zero-order valence-electron chi connectivity index (χ0n) is 51.2. The van der Waals surface area contributed by atoms with E-state index >= 15 is 0 Å². The Kier molecular flexibility index (Phi) is 18.5. The second-order valence-corrected chi connectivity index (χ2v) is 21.5. The number of allylic oxidation sites excluding steroid dienone is 5. The van der Waals surface area contributed by atoms with Crippen molar-refractivity contribution in [3.63, 3.8) is 0 Å². The van der Waals surface area contributed by atoms with Crippen molar-refractivity contribution >= 4 is 56.1 Å². The van der Waals surface area contributed by atoms with E-state index in [0.717, 1.165) is 67.2 Å². The first-order valence-electron chi connectivity index (χ1n) is 30.6. The number of nitrogens with zero attached hydrogens (tertiary/aromatic N) is 2. The van der Waals surface area contributed by atoms with Crippen LogP contribution in [-0.4, -0.2) is 0 Å². The van der Waals surface area contributed by atoms with Crippen LogP contribution in [0.15, 0.2) is 339 Å². The van der Waals surface area contributed by atoms with Crippen molar-refractivity contribution in [2.75, 3.05) is 9.80 Å². The summed E-state index contributed by atoms with van der Waals surface area (Å²) < 4.78 is 6.32. The molecule has 1 aromatic heterocycles. The molecule has 15 rings (SSSR count). The number of aryl methyl sites for hydroxylation is 1. The number of fused-ring (bicyclic) bond motifs is 13. The standard InChI is InChI=1S/C61H40N2O.C13H12.C5H8.C4H8.C2H6/c1-3-15-43(16-4-1)62(47-35-37-52-51-21-9-13-25-57(51)61(58(52)39-47)55-23-11-7-19-49(55)50-20-8-12-24-56(50)61)45-31-27-41(28-32-45)42-29-33-46(34-30-42)63(44-17-5-2-6-18-44)48-36-38-54-53-22-10-14-26-59(53)64-60(54)40-48;1-11-7-9-13(10-8-11)12-5-3-2-4-6-12;1-3-5-4-2;1-3-4-2;1-2/h1-40H;2-10H,1H3;3-5H,1H2,2H3;3-4H,1-2H3;1-2H3/b;;5-4-;4-3-;. The van der Waals surface area contributed by atoms with Crippen LogP contribution in [0.3, 0.4) is 0 Å². The van der Waals surface area contributed by atoms with Gasteiger partial charge in [0.25, 0.3) is 0 Å². The largest absolute Gasteiger partial charge is 0.456 e. The lowest BCUT2D eigenvalue weighted by molar-refractivity contribution is 0.669. The summed E-state index contributed by atoms with van der Waals surface area (Å²) in [7, 11) is 0. The summed E-state index contributed by atoms with van der Waals surface area (Å²) in [6.45, 7) is 15.5. The minimum atomic E-state index is -0.413. The fraction of sp³-hybridized carbons (Fsp3) is 0.0824. The van der Waals surface area contributed by atoms with E-state index in [0.29, 0.717) is 0 Å². The van der Waals surface area contributed by atoms with Gasteiger partial charge in [-0.05, 0) is 173 Å². The molecule has 1 spiro atoms. The van der Waals surface area contributed by atoms with E-state index in [2.05, 4.69) is 302 Å². The molecule has 0 saturated carbocycles. The van der Waals surface area contributed by atoms with Gasteiger partial charge in [-0.25, -0.2) is 0 Å². The van der Waals surface area contributed by atoms with Crippen molar-refractivity contribution in [3.05, 3.63) is 362 Å². The van der Waals surface area contributed by atoms with E-state index in [-0.39, 0.29) is 0 Å². The smallest absolute Gasteiger partial charge is 0.137 e. The molecule has 2 aliphatic carbocycles. The lowest BCUT2D eigenvalue weighted by atomic mass is 9.70. The van der Waals surface area contributed by atoms with E-state index in [1.807, 2.05) is 77.1 Å². The first-order valence-corrected chi connectivity index (χ1v) is 30.6. The van der Waals surface area contributed by atoms with Crippen molar-refractivity contribution in [2.45, 2.75) is 47.0 Å². The van der Waals surface area contributed by atoms with E-state index in [1.165, 1.54) is 61.2 Å². The van der Waals surface area contributed by atoms with E-state index in [4.69, 9.17) is 4.42 Å². The van der Waals surface area contributed by atoms with Crippen molar-refractivity contribution < 1.29 is 4.42 Å². The lowest BCUT2D eigenvalue weighted by Crippen LogP contribution is -2.26. The first-order chi connectivity index (χ1) is 43.4. The molecule has 0 N–H and O–H groups in total. The van der Waals surface area contributed by atoms with Gasteiger partial charge < -0.3 is 14.2 Å². The van der Waals surface area contributed by atoms with Crippen LogP contribution in [0, 0.1) is 6.92 Å². The molecule has 12 aromatic carbocycles. The summed E-state index contributed by atoms with van der Waals surface area (Å²) in [6.07, 6.45) is 9.58. The summed E-state index contributed by atoms with van der Waals surface area (Å²) in [5, 5.41) is 2.25. The molecule has 0 unspecified atom stereocenters. The Hall–Kier alpha value is -10.7. The van der Waals surface area contributed by atoms with Crippen LogP contribution in [0.1, 0.15) is 62.4 Å². The normalized spacial score (nSPS) is 11.8. The SMILES string of the molecule is C/C=C\C.C=C/C=C\C.CC.Cc1ccc(-c2ccccc2)cc1.c1ccc(N(c2ccc(-c3ccc(N(c4ccccc4)c4ccc5c(c4)oc4ccccc45)cc3)cc2)c2ccc3c(c2)C2(c4ccccc4-c4ccccc42)c2ccccc2-3)cc1. The predicted octanol–water partition coefficient (Wildman–Crippen LogP) is 24.6. The second-order valence-electron chi connectivity index (χ2n) is 21.5. The van der Waals surface area contributed by atoms with Crippen molar-refractivity contribution in [1.29, 1.82) is 0 Å². The van der Waals surface area contributed by atoms with Gasteiger partial charge in [0, 0.05) is 51.0 Å². The molecule has 3 heteroatoms. The van der Waals surface area contributed by atoms with Gasteiger partial charge in [-0.3, -0.25) is 0 Å². The van der Waals surface area contributed by atoms with Crippen molar-refractivity contribution in [1.82, 2.24) is 0 Å².